The molecule has 0 radical (unpaired) electrons. The molecule has 1 atom stereocenters. The Morgan fingerprint density at radius 3 is 3.00 bits per heavy atom. The molecule has 1 unspecified atom stereocenters. The molecule has 3 aromatic rings. The molecular formula is C19H16FN5O. The number of hydrogen-bond acceptors (Lipinski definition) is 5. The largest absolute Gasteiger partial charge is 0.492 e. The highest BCUT2D eigenvalue weighted by Crippen LogP contribution is 2.32. The fraction of sp³-hybridized carbons (Fsp3) is 0.105. The molecule has 4 rings (SSSR count). The zero-order valence-corrected chi connectivity index (χ0v) is 13.9. The van der Waals surface area contributed by atoms with Crippen molar-refractivity contribution in [3.8, 4) is 5.88 Å². The molecule has 0 amide bonds. The molecule has 1 aliphatic rings. The second-order valence-corrected chi connectivity index (χ2v) is 5.98. The molecule has 130 valence electrons. The fourth-order valence-corrected chi connectivity index (χ4v) is 2.81. The van der Waals surface area contributed by atoms with Crippen molar-refractivity contribution in [2.24, 2.45) is 4.99 Å². The van der Waals surface area contributed by atoms with Gasteiger partial charge < -0.3 is 15.4 Å². The van der Waals surface area contributed by atoms with Gasteiger partial charge in [-0.2, -0.15) is 4.98 Å². The third kappa shape index (κ3) is 3.06. The van der Waals surface area contributed by atoms with Gasteiger partial charge in [-0.05, 0) is 42.8 Å². The van der Waals surface area contributed by atoms with E-state index in [1.54, 1.807) is 24.6 Å². The first-order valence-electron chi connectivity index (χ1n) is 8.12. The predicted molar refractivity (Wildman–Crippen MR) is 99.0 cm³/mol. The minimum atomic E-state index is -0.295. The number of benzene rings is 1. The number of nitrogens with zero attached hydrogens (tertiary/aromatic N) is 3. The average Bonchev–Trinajstić information content (AvgIpc) is 3.19. The molecule has 2 aromatic heterocycles. The van der Waals surface area contributed by atoms with Crippen LogP contribution in [-0.2, 0) is 0 Å². The van der Waals surface area contributed by atoms with Crippen LogP contribution in [0.1, 0.15) is 29.8 Å². The van der Waals surface area contributed by atoms with Gasteiger partial charge in [0, 0.05) is 23.5 Å². The summed E-state index contributed by atoms with van der Waals surface area (Å²) < 4.78 is 13.4. The van der Waals surface area contributed by atoms with Gasteiger partial charge in [-0.25, -0.2) is 14.4 Å². The number of H-pyrrole nitrogens is 1. The average molecular weight is 349 g/mol. The van der Waals surface area contributed by atoms with Crippen molar-refractivity contribution in [3.63, 3.8) is 0 Å². The number of pyridine rings is 1. The molecule has 0 fully saturated rings. The monoisotopic (exact) mass is 349 g/mol. The van der Waals surface area contributed by atoms with Crippen LogP contribution in [0.25, 0.3) is 11.6 Å². The summed E-state index contributed by atoms with van der Waals surface area (Å²) >= 11 is 0. The van der Waals surface area contributed by atoms with Crippen LogP contribution >= 0.6 is 0 Å². The summed E-state index contributed by atoms with van der Waals surface area (Å²) in [5.74, 6) is 0.622. The van der Waals surface area contributed by atoms with E-state index in [1.807, 2.05) is 25.1 Å². The van der Waals surface area contributed by atoms with Crippen LogP contribution < -0.4 is 5.32 Å². The standard InChI is InChI=1S/C19H16FN5O/c1-11(12-4-2-5-14(20)8-12)23-19-24-16(18(26)25-19)9-13-10-22-17-15(13)6-3-7-21-17/h2-11,26H,1H3,(H2,23,24,25). The number of aromatic amines is 1. The van der Waals surface area contributed by atoms with Crippen molar-refractivity contribution in [3.05, 3.63) is 65.2 Å². The quantitative estimate of drug-likeness (QED) is 0.662. The Morgan fingerprint density at radius 1 is 1.27 bits per heavy atom. The van der Waals surface area contributed by atoms with Crippen LogP contribution in [0.5, 0.6) is 5.88 Å². The molecule has 6 nitrogen and oxygen atoms in total. The summed E-state index contributed by atoms with van der Waals surface area (Å²) in [5.41, 5.74) is 2.96. The summed E-state index contributed by atoms with van der Waals surface area (Å²) in [6.45, 7) is 1.89. The second-order valence-electron chi connectivity index (χ2n) is 5.98. The molecular weight excluding hydrogens is 333 g/mol. The first-order valence-corrected chi connectivity index (χ1v) is 8.12. The predicted octanol–water partition coefficient (Wildman–Crippen LogP) is 4.08. The van der Waals surface area contributed by atoms with Crippen molar-refractivity contribution in [1.82, 2.24) is 15.0 Å². The van der Waals surface area contributed by atoms with Gasteiger partial charge in [0.2, 0.25) is 11.8 Å². The highest BCUT2D eigenvalue weighted by atomic mass is 19.1. The van der Waals surface area contributed by atoms with E-state index < -0.39 is 0 Å². The lowest BCUT2D eigenvalue weighted by Crippen LogP contribution is -2.08. The Labute approximate surface area is 149 Å². The lowest BCUT2D eigenvalue weighted by molar-refractivity contribution is 0.455. The van der Waals surface area contributed by atoms with Gasteiger partial charge >= 0.3 is 0 Å². The van der Waals surface area contributed by atoms with Crippen LogP contribution in [0.2, 0.25) is 0 Å². The summed E-state index contributed by atoms with van der Waals surface area (Å²) in [4.78, 5) is 15.5. The van der Waals surface area contributed by atoms with Crippen molar-refractivity contribution < 1.29 is 9.50 Å². The molecule has 26 heavy (non-hydrogen) atoms. The van der Waals surface area contributed by atoms with E-state index in [4.69, 9.17) is 0 Å². The van der Waals surface area contributed by atoms with Crippen molar-refractivity contribution >= 4 is 29.6 Å². The number of rotatable bonds is 4. The van der Waals surface area contributed by atoms with Crippen LogP contribution in [0.3, 0.4) is 0 Å². The van der Waals surface area contributed by atoms with E-state index in [-0.39, 0.29) is 17.7 Å². The maximum absolute atomic E-state index is 13.4. The van der Waals surface area contributed by atoms with Crippen LogP contribution in [-0.4, -0.2) is 26.3 Å². The number of fused-ring (bicyclic) bond motifs is 1. The minimum Gasteiger partial charge on any atom is -0.492 e. The molecule has 3 N–H and O–H groups in total. The van der Waals surface area contributed by atoms with Gasteiger partial charge in [0.25, 0.3) is 0 Å². The summed E-state index contributed by atoms with van der Waals surface area (Å²) in [6, 6.07) is 9.91. The SMILES string of the molecule is CC(Nc1nc(O)c(C=C2C=Nc3ncccc32)[nH]1)c1cccc(F)c1. The number of hydrogen-bond donors (Lipinski definition) is 3. The molecule has 0 spiro atoms. The van der Waals surface area contributed by atoms with Crippen molar-refractivity contribution in [2.75, 3.05) is 5.32 Å². The Hall–Kier alpha value is -3.48. The molecule has 0 bridgehead atoms. The van der Waals surface area contributed by atoms with Gasteiger partial charge in [0.15, 0.2) is 5.82 Å². The Bertz CT molecular complexity index is 1020. The molecule has 0 saturated carbocycles. The van der Waals surface area contributed by atoms with Gasteiger partial charge in [0.1, 0.15) is 11.5 Å². The first-order chi connectivity index (χ1) is 12.6. The van der Waals surface area contributed by atoms with Gasteiger partial charge in [-0.1, -0.05) is 12.1 Å². The van der Waals surface area contributed by atoms with Gasteiger partial charge in [-0.15, -0.1) is 0 Å². The normalized spacial score (nSPS) is 15.2. The van der Waals surface area contributed by atoms with Crippen LogP contribution in [0.15, 0.2) is 47.6 Å². The fourth-order valence-electron chi connectivity index (χ4n) is 2.81. The molecule has 3 heterocycles. The Morgan fingerprint density at radius 2 is 2.15 bits per heavy atom. The van der Waals surface area contributed by atoms with Crippen LogP contribution in [0, 0.1) is 5.82 Å². The molecule has 0 saturated heterocycles. The summed E-state index contributed by atoms with van der Waals surface area (Å²) in [5, 5.41) is 13.2. The third-order valence-electron chi connectivity index (χ3n) is 4.14. The van der Waals surface area contributed by atoms with E-state index >= 15 is 0 Å². The highest BCUT2D eigenvalue weighted by molar-refractivity contribution is 6.20. The second kappa shape index (κ2) is 6.44. The number of imidazole rings is 1. The number of aliphatic imine (C=N–C) groups is 1. The van der Waals surface area contributed by atoms with E-state index in [0.717, 1.165) is 16.7 Å². The third-order valence-corrected chi connectivity index (χ3v) is 4.14. The van der Waals surface area contributed by atoms with E-state index in [1.165, 1.54) is 12.1 Å². The molecule has 0 aliphatic carbocycles. The topological polar surface area (TPSA) is 86.2 Å². The zero-order chi connectivity index (χ0) is 18.1. The highest BCUT2D eigenvalue weighted by Gasteiger charge is 2.16. The Kier molecular flexibility index (Phi) is 3.96. The maximum atomic E-state index is 13.4. The van der Waals surface area contributed by atoms with E-state index in [9.17, 15) is 9.50 Å². The van der Waals surface area contributed by atoms with E-state index in [2.05, 4.69) is 25.3 Å². The minimum absolute atomic E-state index is 0.128. The number of aromatic nitrogens is 3. The molecule has 1 aromatic carbocycles. The van der Waals surface area contributed by atoms with Gasteiger partial charge in [0.05, 0.1) is 6.04 Å². The van der Waals surface area contributed by atoms with E-state index in [0.29, 0.717) is 17.5 Å². The zero-order valence-electron chi connectivity index (χ0n) is 13.9. The summed E-state index contributed by atoms with van der Waals surface area (Å²) in [6.07, 6.45) is 5.14. The number of aromatic hydroxyl groups is 1. The van der Waals surface area contributed by atoms with Crippen LogP contribution in [0.4, 0.5) is 16.2 Å². The molecule has 7 heteroatoms. The van der Waals surface area contributed by atoms with Crippen molar-refractivity contribution in [1.29, 1.82) is 0 Å². The molecule has 1 aliphatic heterocycles. The number of nitrogens with one attached hydrogen (secondary N) is 2. The lowest BCUT2D eigenvalue weighted by atomic mass is 10.1. The number of allylic oxidation sites excluding steroid dienone is 1. The number of halogens is 1. The first kappa shape index (κ1) is 16.0. The number of anilines is 1. The summed E-state index contributed by atoms with van der Waals surface area (Å²) in [7, 11) is 0. The lowest BCUT2D eigenvalue weighted by Gasteiger charge is -2.13. The maximum Gasteiger partial charge on any atom is 0.238 e. The van der Waals surface area contributed by atoms with Gasteiger partial charge in [-0.3, -0.25) is 0 Å². The Balaban J connectivity index is 1.57. The smallest absolute Gasteiger partial charge is 0.238 e. The van der Waals surface area contributed by atoms with Crippen molar-refractivity contribution in [2.45, 2.75) is 13.0 Å².